The molecule has 0 aliphatic heterocycles. The second-order valence-corrected chi connectivity index (χ2v) is 4.19. The molecule has 0 bridgehead atoms. The van der Waals surface area contributed by atoms with Crippen molar-refractivity contribution in [3.63, 3.8) is 0 Å². The fourth-order valence-corrected chi connectivity index (χ4v) is 1.98. The summed E-state index contributed by atoms with van der Waals surface area (Å²) in [6.07, 6.45) is 0. The van der Waals surface area contributed by atoms with Crippen LogP contribution in [0.25, 0.3) is 10.7 Å². The first-order valence-electron chi connectivity index (χ1n) is 4.81. The number of carbonyl (C=O) groups is 1. The minimum Gasteiger partial charge on any atom is -0.477 e. The van der Waals surface area contributed by atoms with E-state index in [4.69, 9.17) is 14.6 Å². The lowest BCUT2D eigenvalue weighted by Gasteiger charge is -2.03. The van der Waals surface area contributed by atoms with Crippen molar-refractivity contribution in [3.05, 3.63) is 17.0 Å². The molecule has 18 heavy (non-hydrogen) atoms. The number of hydrogen-bond acceptors (Lipinski definition) is 7. The van der Waals surface area contributed by atoms with Crippen LogP contribution in [0.3, 0.4) is 0 Å². The smallest absolute Gasteiger partial charge is 0.345 e. The number of methoxy groups -OCH3 is 2. The fraction of sp³-hybridized carbons (Fsp3) is 0.200. The van der Waals surface area contributed by atoms with Crippen LogP contribution in [0.5, 0.6) is 12.0 Å². The zero-order valence-electron chi connectivity index (χ0n) is 9.58. The van der Waals surface area contributed by atoms with E-state index in [1.165, 1.54) is 20.3 Å². The second kappa shape index (κ2) is 4.96. The molecule has 0 saturated carbocycles. The second-order valence-electron chi connectivity index (χ2n) is 3.10. The molecule has 94 valence electrons. The third-order valence-electron chi connectivity index (χ3n) is 2.00. The maximum absolute atomic E-state index is 10.8. The first-order valence-corrected chi connectivity index (χ1v) is 5.63. The van der Waals surface area contributed by atoms with E-state index in [-0.39, 0.29) is 16.9 Å². The van der Waals surface area contributed by atoms with E-state index in [2.05, 4.69) is 15.0 Å². The van der Waals surface area contributed by atoms with Crippen LogP contribution in [0.15, 0.2) is 12.1 Å². The normalized spacial score (nSPS) is 10.1. The molecule has 0 aliphatic rings. The highest BCUT2D eigenvalue weighted by Crippen LogP contribution is 2.27. The molecule has 2 heterocycles. The molecule has 0 atom stereocenters. The van der Waals surface area contributed by atoms with Gasteiger partial charge in [0, 0.05) is 0 Å². The summed E-state index contributed by atoms with van der Waals surface area (Å²) in [5, 5.41) is 8.85. The molecule has 2 rings (SSSR count). The molecule has 0 saturated heterocycles. The van der Waals surface area contributed by atoms with Gasteiger partial charge < -0.3 is 14.6 Å². The van der Waals surface area contributed by atoms with Crippen molar-refractivity contribution in [1.29, 1.82) is 0 Å². The Morgan fingerprint density at radius 3 is 2.22 bits per heavy atom. The summed E-state index contributed by atoms with van der Waals surface area (Å²) in [4.78, 5) is 23.5. The van der Waals surface area contributed by atoms with E-state index in [0.29, 0.717) is 10.7 Å². The predicted molar refractivity (Wildman–Crippen MR) is 63.2 cm³/mol. The number of carboxylic acid groups (broad SMARTS) is 1. The third kappa shape index (κ3) is 2.38. The highest BCUT2D eigenvalue weighted by Gasteiger charge is 2.13. The number of ether oxygens (including phenoxy) is 2. The molecular weight excluding hydrogens is 258 g/mol. The van der Waals surface area contributed by atoms with Crippen molar-refractivity contribution < 1.29 is 19.4 Å². The van der Waals surface area contributed by atoms with Crippen LogP contribution in [-0.2, 0) is 0 Å². The molecule has 7 nitrogen and oxygen atoms in total. The van der Waals surface area contributed by atoms with E-state index in [0.717, 1.165) is 11.3 Å². The molecule has 1 N–H and O–H groups in total. The zero-order valence-corrected chi connectivity index (χ0v) is 10.4. The summed E-state index contributed by atoms with van der Waals surface area (Å²) < 4.78 is 9.84. The summed E-state index contributed by atoms with van der Waals surface area (Å²) in [6, 6.07) is 3.34. The molecule has 2 aromatic rings. The molecule has 8 heteroatoms. The average molecular weight is 267 g/mol. The molecule has 0 radical (unpaired) electrons. The Labute approximate surface area is 106 Å². The van der Waals surface area contributed by atoms with Gasteiger partial charge >= 0.3 is 18.0 Å². The summed E-state index contributed by atoms with van der Waals surface area (Å²) in [5.74, 6) is -0.671. The van der Waals surface area contributed by atoms with Gasteiger partial charge in [-0.1, -0.05) is 0 Å². The van der Waals surface area contributed by atoms with Crippen molar-refractivity contribution >= 4 is 17.3 Å². The van der Waals surface area contributed by atoms with Gasteiger partial charge in [0.25, 0.3) is 0 Å². The van der Waals surface area contributed by atoms with Crippen LogP contribution in [0.2, 0.25) is 0 Å². The third-order valence-corrected chi connectivity index (χ3v) is 3.07. The first-order chi connectivity index (χ1) is 8.63. The molecule has 0 amide bonds. The Morgan fingerprint density at radius 2 is 1.78 bits per heavy atom. The van der Waals surface area contributed by atoms with E-state index in [9.17, 15) is 4.79 Å². The van der Waals surface area contributed by atoms with E-state index < -0.39 is 5.97 Å². The molecule has 2 aromatic heterocycles. The summed E-state index contributed by atoms with van der Waals surface area (Å²) in [7, 11) is 2.85. The van der Waals surface area contributed by atoms with Crippen LogP contribution in [0, 0.1) is 0 Å². The monoisotopic (exact) mass is 267 g/mol. The topological polar surface area (TPSA) is 94.4 Å². The van der Waals surface area contributed by atoms with E-state index in [1.54, 1.807) is 6.07 Å². The van der Waals surface area contributed by atoms with Gasteiger partial charge in [-0.2, -0.15) is 9.97 Å². The van der Waals surface area contributed by atoms with Crippen LogP contribution < -0.4 is 9.47 Å². The van der Waals surface area contributed by atoms with E-state index in [1.807, 2.05) is 0 Å². The number of nitrogens with zero attached hydrogens (tertiary/aromatic N) is 3. The van der Waals surface area contributed by atoms with Crippen molar-refractivity contribution in [2.24, 2.45) is 0 Å². The summed E-state index contributed by atoms with van der Waals surface area (Å²) in [6.45, 7) is 0. The van der Waals surface area contributed by atoms with Gasteiger partial charge in [-0.3, -0.25) is 0 Å². The average Bonchev–Trinajstić information content (AvgIpc) is 2.87. The molecule has 0 fully saturated rings. The molecule has 0 aromatic carbocycles. The number of hydrogen-bond donors (Lipinski definition) is 1. The SMILES string of the molecule is COc1nc(OC)nc(-c2ccc(C(=O)O)s2)n1. The minimum atomic E-state index is -0.987. The summed E-state index contributed by atoms with van der Waals surface area (Å²) in [5.41, 5.74) is 0. The highest BCUT2D eigenvalue weighted by atomic mass is 32.1. The van der Waals surface area contributed by atoms with Gasteiger partial charge in [-0.25, -0.2) is 4.79 Å². The van der Waals surface area contributed by atoms with Gasteiger partial charge in [0.2, 0.25) is 0 Å². The van der Waals surface area contributed by atoms with Crippen molar-refractivity contribution in [2.45, 2.75) is 0 Å². The van der Waals surface area contributed by atoms with Crippen LogP contribution >= 0.6 is 11.3 Å². The molecule has 0 aliphatic carbocycles. The maximum atomic E-state index is 10.8. The van der Waals surface area contributed by atoms with Crippen molar-refractivity contribution in [2.75, 3.05) is 14.2 Å². The van der Waals surface area contributed by atoms with Crippen LogP contribution in [0.1, 0.15) is 9.67 Å². The molecule has 0 spiro atoms. The lowest BCUT2D eigenvalue weighted by atomic mass is 10.4. The van der Waals surface area contributed by atoms with Crippen molar-refractivity contribution in [3.8, 4) is 22.7 Å². The highest BCUT2D eigenvalue weighted by molar-refractivity contribution is 7.17. The predicted octanol–water partition coefficient (Wildman–Crippen LogP) is 1.32. The van der Waals surface area contributed by atoms with Gasteiger partial charge in [0.15, 0.2) is 5.82 Å². The number of aromatic carboxylic acids is 1. The van der Waals surface area contributed by atoms with Crippen LogP contribution in [0.4, 0.5) is 0 Å². The Kier molecular flexibility index (Phi) is 3.38. The fourth-order valence-electron chi connectivity index (χ4n) is 1.20. The van der Waals surface area contributed by atoms with E-state index >= 15 is 0 Å². The summed E-state index contributed by atoms with van der Waals surface area (Å²) >= 11 is 1.07. The van der Waals surface area contributed by atoms with Gasteiger partial charge in [-0.15, -0.1) is 16.3 Å². The van der Waals surface area contributed by atoms with Gasteiger partial charge in [-0.05, 0) is 12.1 Å². The van der Waals surface area contributed by atoms with Crippen LogP contribution in [-0.4, -0.2) is 40.2 Å². The first kappa shape index (κ1) is 12.2. The lowest BCUT2D eigenvalue weighted by Crippen LogP contribution is -2.00. The number of aromatic nitrogens is 3. The zero-order chi connectivity index (χ0) is 13.1. The standard InChI is InChI=1S/C10H9N3O4S/c1-16-9-11-7(12-10(13-9)17-2)5-3-4-6(18-5)8(14)15/h3-4H,1-2H3,(H,14,15). The molecular formula is C10H9N3O4S. The quantitative estimate of drug-likeness (QED) is 0.892. The Morgan fingerprint density at radius 1 is 1.17 bits per heavy atom. The minimum absolute atomic E-state index is 0.113. The lowest BCUT2D eigenvalue weighted by molar-refractivity contribution is 0.0702. The number of carboxylic acids is 1. The number of thiophene rings is 1. The number of rotatable bonds is 4. The largest absolute Gasteiger partial charge is 0.477 e. The Hall–Kier alpha value is -2.22. The van der Waals surface area contributed by atoms with Gasteiger partial charge in [0.1, 0.15) is 4.88 Å². The van der Waals surface area contributed by atoms with Crippen molar-refractivity contribution in [1.82, 2.24) is 15.0 Å². The maximum Gasteiger partial charge on any atom is 0.345 e. The molecule has 0 unspecified atom stereocenters. The Bertz CT molecular complexity index is 562. The Balaban J connectivity index is 2.45. The van der Waals surface area contributed by atoms with Gasteiger partial charge in [0.05, 0.1) is 19.1 Å².